The van der Waals surface area contributed by atoms with Crippen LogP contribution in [0.2, 0.25) is 0 Å². The van der Waals surface area contributed by atoms with E-state index in [1.807, 2.05) is 20.8 Å². The van der Waals surface area contributed by atoms with E-state index in [1.165, 1.54) is 24.0 Å². The van der Waals surface area contributed by atoms with E-state index in [-0.39, 0.29) is 11.4 Å². The summed E-state index contributed by atoms with van der Waals surface area (Å²) in [5.41, 5.74) is 1.33. The number of hydrogen-bond donors (Lipinski definition) is 0. The van der Waals surface area contributed by atoms with E-state index in [0.29, 0.717) is 0 Å². The summed E-state index contributed by atoms with van der Waals surface area (Å²) in [6.07, 6.45) is 4.50. The van der Waals surface area contributed by atoms with Gasteiger partial charge in [0, 0.05) is 5.41 Å². The lowest BCUT2D eigenvalue weighted by atomic mass is 9.66. The SMILES string of the molecule is CC(C)(C)C(=O)OC1(C)c2ccccc2CCCCC1(C)C. The number of rotatable bonds is 1. The van der Waals surface area contributed by atoms with Crippen molar-refractivity contribution in [1.29, 1.82) is 0 Å². The van der Waals surface area contributed by atoms with Gasteiger partial charge in [0.05, 0.1) is 5.41 Å². The molecule has 0 heterocycles. The van der Waals surface area contributed by atoms with Crippen LogP contribution in [0, 0.1) is 10.8 Å². The summed E-state index contributed by atoms with van der Waals surface area (Å²) in [6.45, 7) is 12.3. The van der Waals surface area contributed by atoms with Crippen LogP contribution in [-0.4, -0.2) is 5.97 Å². The summed E-state index contributed by atoms with van der Waals surface area (Å²) in [6, 6.07) is 8.46. The minimum atomic E-state index is -0.589. The first-order chi connectivity index (χ1) is 10.1. The molecule has 0 amide bonds. The third-order valence-corrected chi connectivity index (χ3v) is 5.23. The van der Waals surface area contributed by atoms with Crippen molar-refractivity contribution in [3.8, 4) is 0 Å². The largest absolute Gasteiger partial charge is 0.453 e. The van der Waals surface area contributed by atoms with Crippen LogP contribution >= 0.6 is 0 Å². The quantitative estimate of drug-likeness (QED) is 0.663. The summed E-state index contributed by atoms with van der Waals surface area (Å²) in [5, 5.41) is 0. The van der Waals surface area contributed by atoms with E-state index in [0.717, 1.165) is 12.8 Å². The molecule has 0 aliphatic heterocycles. The van der Waals surface area contributed by atoms with Crippen molar-refractivity contribution < 1.29 is 9.53 Å². The van der Waals surface area contributed by atoms with E-state index in [2.05, 4.69) is 45.0 Å². The monoisotopic (exact) mass is 302 g/mol. The van der Waals surface area contributed by atoms with Gasteiger partial charge in [-0.05, 0) is 58.1 Å². The van der Waals surface area contributed by atoms with Gasteiger partial charge in [0.2, 0.25) is 0 Å². The Labute approximate surface area is 135 Å². The third-order valence-electron chi connectivity index (χ3n) is 5.23. The van der Waals surface area contributed by atoms with Gasteiger partial charge in [0.15, 0.2) is 0 Å². The average molecular weight is 302 g/mol. The van der Waals surface area contributed by atoms with Crippen LogP contribution in [0.15, 0.2) is 24.3 Å². The maximum Gasteiger partial charge on any atom is 0.312 e. The molecule has 0 saturated carbocycles. The first kappa shape index (κ1) is 17.1. The molecule has 0 aromatic heterocycles. The van der Waals surface area contributed by atoms with Gasteiger partial charge < -0.3 is 4.74 Å². The highest BCUT2D eigenvalue weighted by molar-refractivity contribution is 5.76. The van der Waals surface area contributed by atoms with Crippen LogP contribution in [0.5, 0.6) is 0 Å². The van der Waals surface area contributed by atoms with Gasteiger partial charge in [-0.2, -0.15) is 0 Å². The second-order valence-electron chi connectivity index (χ2n) is 8.42. The molecule has 1 aliphatic rings. The van der Waals surface area contributed by atoms with Crippen LogP contribution in [0.3, 0.4) is 0 Å². The summed E-state index contributed by atoms with van der Waals surface area (Å²) >= 11 is 0. The first-order valence-electron chi connectivity index (χ1n) is 8.40. The zero-order valence-electron chi connectivity index (χ0n) is 15.0. The molecule has 0 saturated heterocycles. The molecule has 0 N–H and O–H groups in total. The lowest BCUT2D eigenvalue weighted by Crippen LogP contribution is -2.46. The molecule has 2 heteroatoms. The van der Waals surface area contributed by atoms with Crippen molar-refractivity contribution >= 4 is 5.97 Å². The fraction of sp³-hybridized carbons (Fsp3) is 0.650. The maximum atomic E-state index is 12.6. The molecule has 2 nitrogen and oxygen atoms in total. The Balaban J connectivity index is 2.54. The molecule has 0 fully saturated rings. The van der Waals surface area contributed by atoms with Gasteiger partial charge in [-0.1, -0.05) is 44.5 Å². The number of carbonyl (C=O) groups is 1. The van der Waals surface area contributed by atoms with E-state index >= 15 is 0 Å². The second kappa shape index (κ2) is 5.72. The van der Waals surface area contributed by atoms with Gasteiger partial charge in [0.1, 0.15) is 5.60 Å². The highest BCUT2D eigenvalue weighted by Crippen LogP contribution is 2.49. The van der Waals surface area contributed by atoms with E-state index in [4.69, 9.17) is 4.74 Å². The molecule has 122 valence electrons. The van der Waals surface area contributed by atoms with Gasteiger partial charge in [-0.15, -0.1) is 0 Å². The molecular weight excluding hydrogens is 272 g/mol. The highest BCUT2D eigenvalue weighted by Gasteiger charge is 2.48. The summed E-state index contributed by atoms with van der Waals surface area (Å²) < 4.78 is 6.18. The second-order valence-corrected chi connectivity index (χ2v) is 8.42. The standard InChI is InChI=1S/C20H30O2/c1-18(2,3)17(21)22-20(6)16-13-8-7-11-15(16)12-9-10-14-19(20,4)5/h7-8,11,13H,9-10,12,14H2,1-6H3. The van der Waals surface area contributed by atoms with Crippen molar-refractivity contribution in [2.24, 2.45) is 10.8 Å². The van der Waals surface area contributed by atoms with Crippen LogP contribution in [0.1, 0.15) is 71.9 Å². The molecule has 1 unspecified atom stereocenters. The van der Waals surface area contributed by atoms with Crippen molar-refractivity contribution in [2.75, 3.05) is 0 Å². The van der Waals surface area contributed by atoms with Crippen LogP contribution in [0.25, 0.3) is 0 Å². The topological polar surface area (TPSA) is 26.3 Å². The van der Waals surface area contributed by atoms with Gasteiger partial charge in [-0.3, -0.25) is 4.79 Å². The number of benzene rings is 1. The minimum absolute atomic E-state index is 0.0928. The Morgan fingerprint density at radius 2 is 1.73 bits per heavy atom. The summed E-state index contributed by atoms with van der Waals surface area (Å²) in [5.74, 6) is -0.126. The molecular formula is C20H30O2. The van der Waals surface area contributed by atoms with Gasteiger partial charge >= 0.3 is 5.97 Å². The average Bonchev–Trinajstić information content (AvgIpc) is 2.41. The Hall–Kier alpha value is -1.31. The zero-order chi connectivity index (χ0) is 16.6. The predicted octanol–water partition coefficient (Wildman–Crippen LogP) is 5.24. The lowest BCUT2D eigenvalue weighted by Gasteiger charge is -2.47. The highest BCUT2D eigenvalue weighted by atomic mass is 16.6. The van der Waals surface area contributed by atoms with Crippen molar-refractivity contribution in [2.45, 2.75) is 72.8 Å². The summed E-state index contributed by atoms with van der Waals surface area (Å²) in [4.78, 5) is 12.6. The number of hydrogen-bond acceptors (Lipinski definition) is 2. The van der Waals surface area contributed by atoms with E-state index in [9.17, 15) is 4.79 Å². The molecule has 22 heavy (non-hydrogen) atoms. The van der Waals surface area contributed by atoms with Gasteiger partial charge in [-0.25, -0.2) is 0 Å². The fourth-order valence-electron chi connectivity index (χ4n) is 3.22. The number of fused-ring (bicyclic) bond motifs is 1. The van der Waals surface area contributed by atoms with Crippen molar-refractivity contribution in [3.05, 3.63) is 35.4 Å². The van der Waals surface area contributed by atoms with E-state index < -0.39 is 11.0 Å². The Kier molecular flexibility index (Phi) is 4.43. The zero-order valence-corrected chi connectivity index (χ0v) is 15.0. The predicted molar refractivity (Wildman–Crippen MR) is 90.7 cm³/mol. The van der Waals surface area contributed by atoms with Crippen molar-refractivity contribution in [3.63, 3.8) is 0 Å². The minimum Gasteiger partial charge on any atom is -0.453 e. The van der Waals surface area contributed by atoms with Gasteiger partial charge in [0.25, 0.3) is 0 Å². The number of carbonyl (C=O) groups excluding carboxylic acids is 1. The number of ether oxygens (including phenoxy) is 1. The molecule has 0 radical (unpaired) electrons. The normalized spacial score (nSPS) is 24.8. The van der Waals surface area contributed by atoms with Crippen LogP contribution < -0.4 is 0 Å². The van der Waals surface area contributed by atoms with Crippen LogP contribution in [-0.2, 0) is 21.6 Å². The molecule has 0 bridgehead atoms. The van der Waals surface area contributed by atoms with Crippen LogP contribution in [0.4, 0.5) is 0 Å². The molecule has 1 aromatic rings. The lowest BCUT2D eigenvalue weighted by molar-refractivity contribution is -0.185. The Morgan fingerprint density at radius 3 is 2.36 bits per heavy atom. The molecule has 1 aromatic carbocycles. The Morgan fingerprint density at radius 1 is 1.09 bits per heavy atom. The van der Waals surface area contributed by atoms with Crippen molar-refractivity contribution in [1.82, 2.24) is 0 Å². The smallest absolute Gasteiger partial charge is 0.312 e. The summed E-state index contributed by atoms with van der Waals surface area (Å²) in [7, 11) is 0. The molecule has 2 rings (SSSR count). The third kappa shape index (κ3) is 3.06. The van der Waals surface area contributed by atoms with E-state index in [1.54, 1.807) is 0 Å². The molecule has 0 spiro atoms. The number of esters is 1. The maximum absolute atomic E-state index is 12.6. The number of aryl methyl sites for hydroxylation is 1. The fourth-order valence-corrected chi connectivity index (χ4v) is 3.22. The molecule has 1 atom stereocenters. The Bertz CT molecular complexity index is 551. The molecule has 1 aliphatic carbocycles. The first-order valence-corrected chi connectivity index (χ1v) is 8.40.